The van der Waals surface area contributed by atoms with E-state index in [1.165, 1.54) is 29.5 Å². The van der Waals surface area contributed by atoms with Gasteiger partial charge >= 0.3 is 0 Å². The molecule has 9 heteroatoms. The van der Waals surface area contributed by atoms with Crippen molar-refractivity contribution in [1.29, 1.82) is 0 Å². The minimum atomic E-state index is -0.453. The molecule has 28 heavy (non-hydrogen) atoms. The smallest absolute Gasteiger partial charge is 0.269 e. The maximum absolute atomic E-state index is 11.9. The third-order valence-corrected chi connectivity index (χ3v) is 4.52. The van der Waals surface area contributed by atoms with E-state index in [-0.39, 0.29) is 16.7 Å². The molecule has 0 bridgehead atoms. The van der Waals surface area contributed by atoms with Crippen LogP contribution in [-0.2, 0) is 4.79 Å². The molecular weight excluding hydrogens is 396 g/mol. The number of anilines is 1. The molecule has 0 spiro atoms. The molecule has 2 aromatic carbocycles. The summed E-state index contributed by atoms with van der Waals surface area (Å²) in [5.41, 5.74) is 2.32. The molecule has 3 aromatic rings. The van der Waals surface area contributed by atoms with Gasteiger partial charge in [0.05, 0.1) is 10.6 Å². The number of benzene rings is 2. The molecule has 1 aromatic heterocycles. The number of amides is 1. The van der Waals surface area contributed by atoms with Gasteiger partial charge in [0.2, 0.25) is 5.91 Å². The quantitative estimate of drug-likeness (QED) is 0.283. The molecule has 0 aliphatic rings. The number of carbonyl (C=O) groups excluding carboxylic acids is 1. The van der Waals surface area contributed by atoms with Gasteiger partial charge in [0.1, 0.15) is 0 Å². The fourth-order valence-corrected chi connectivity index (χ4v) is 3.22. The highest BCUT2D eigenvalue weighted by molar-refractivity contribution is 7.80. The van der Waals surface area contributed by atoms with Crippen molar-refractivity contribution in [3.8, 4) is 11.3 Å². The third-order valence-electron chi connectivity index (χ3n) is 3.56. The summed E-state index contributed by atoms with van der Waals surface area (Å²) in [6.45, 7) is 0. The van der Waals surface area contributed by atoms with Gasteiger partial charge in [0.25, 0.3) is 5.69 Å². The molecule has 0 saturated heterocycles. The van der Waals surface area contributed by atoms with Gasteiger partial charge in [-0.2, -0.15) is 0 Å². The number of hydrogen-bond acceptors (Lipinski definition) is 6. The molecule has 2 N–H and O–H groups in total. The summed E-state index contributed by atoms with van der Waals surface area (Å²) in [4.78, 5) is 26.6. The third kappa shape index (κ3) is 5.29. The van der Waals surface area contributed by atoms with Crippen molar-refractivity contribution < 1.29 is 9.72 Å². The average Bonchev–Trinajstić information content (AvgIpc) is 3.15. The maximum Gasteiger partial charge on any atom is 0.269 e. The minimum Gasteiger partial charge on any atom is -0.308 e. The molecule has 0 aliphatic carbocycles. The molecule has 0 radical (unpaired) electrons. The zero-order valence-corrected chi connectivity index (χ0v) is 16.0. The summed E-state index contributed by atoms with van der Waals surface area (Å²) in [5.74, 6) is -0.353. The molecule has 0 fully saturated rings. The molecule has 3 rings (SSSR count). The van der Waals surface area contributed by atoms with Crippen molar-refractivity contribution in [2.24, 2.45) is 0 Å². The van der Waals surface area contributed by atoms with E-state index < -0.39 is 4.92 Å². The summed E-state index contributed by atoms with van der Waals surface area (Å²) in [5, 5.41) is 18.6. The number of thiocarbonyl (C=S) groups is 1. The number of thiazole rings is 1. The molecule has 1 heterocycles. The molecule has 140 valence electrons. The molecule has 7 nitrogen and oxygen atoms in total. The van der Waals surface area contributed by atoms with E-state index in [0.717, 1.165) is 11.1 Å². The van der Waals surface area contributed by atoms with Crippen molar-refractivity contribution in [2.75, 3.05) is 5.32 Å². The number of nitro benzene ring substituents is 1. The summed E-state index contributed by atoms with van der Waals surface area (Å²) >= 11 is 6.44. The molecule has 0 aliphatic heterocycles. The lowest BCUT2D eigenvalue weighted by Crippen LogP contribution is -2.32. The van der Waals surface area contributed by atoms with Gasteiger partial charge in [-0.3, -0.25) is 20.2 Å². The van der Waals surface area contributed by atoms with Crippen molar-refractivity contribution in [3.05, 3.63) is 81.7 Å². The number of hydrogen-bond donors (Lipinski definition) is 2. The Morgan fingerprint density at radius 2 is 1.86 bits per heavy atom. The van der Waals surface area contributed by atoms with Crippen LogP contribution in [0.1, 0.15) is 5.56 Å². The van der Waals surface area contributed by atoms with Crippen LogP contribution in [0.4, 0.5) is 10.8 Å². The van der Waals surface area contributed by atoms with Crippen molar-refractivity contribution >= 4 is 51.5 Å². The first kappa shape index (κ1) is 19.3. The highest BCUT2D eigenvalue weighted by Gasteiger charge is 2.09. The van der Waals surface area contributed by atoms with Gasteiger partial charge in [-0.25, -0.2) is 4.98 Å². The van der Waals surface area contributed by atoms with Crippen molar-refractivity contribution in [2.45, 2.75) is 0 Å². The van der Waals surface area contributed by atoms with Crippen LogP contribution in [0, 0.1) is 10.1 Å². The Morgan fingerprint density at radius 3 is 2.54 bits per heavy atom. The zero-order chi connectivity index (χ0) is 19.9. The number of nitrogens with one attached hydrogen (secondary N) is 2. The van der Waals surface area contributed by atoms with Crippen molar-refractivity contribution in [3.63, 3.8) is 0 Å². The van der Waals surface area contributed by atoms with Gasteiger partial charge < -0.3 is 5.32 Å². The lowest BCUT2D eigenvalue weighted by molar-refractivity contribution is -0.384. The zero-order valence-electron chi connectivity index (χ0n) is 14.4. The van der Waals surface area contributed by atoms with E-state index in [9.17, 15) is 14.9 Å². The molecular formula is C19H14N4O3S2. The average molecular weight is 410 g/mol. The van der Waals surface area contributed by atoms with Crippen LogP contribution in [-0.4, -0.2) is 20.9 Å². The van der Waals surface area contributed by atoms with Gasteiger partial charge in [-0.1, -0.05) is 30.3 Å². The van der Waals surface area contributed by atoms with E-state index in [1.54, 1.807) is 23.6 Å². The van der Waals surface area contributed by atoms with E-state index in [0.29, 0.717) is 10.8 Å². The lowest BCUT2D eigenvalue weighted by atomic mass is 10.1. The number of non-ortho nitro benzene ring substituents is 1. The normalized spacial score (nSPS) is 10.6. The lowest BCUT2D eigenvalue weighted by Gasteiger charge is -2.04. The first-order chi connectivity index (χ1) is 13.5. The Balaban J connectivity index is 1.57. The Labute approximate surface area is 169 Å². The second-order valence-corrected chi connectivity index (χ2v) is 6.80. The number of rotatable bonds is 5. The second-order valence-electron chi connectivity index (χ2n) is 5.53. The van der Waals surface area contributed by atoms with Crippen LogP contribution in [0.25, 0.3) is 17.3 Å². The van der Waals surface area contributed by atoms with Gasteiger partial charge in [-0.05, 0) is 36.0 Å². The number of nitro groups is 1. The summed E-state index contributed by atoms with van der Waals surface area (Å²) in [6.07, 6.45) is 3.08. The van der Waals surface area contributed by atoms with Crippen LogP contribution in [0.2, 0.25) is 0 Å². The van der Waals surface area contributed by atoms with Gasteiger partial charge in [0.15, 0.2) is 10.2 Å². The van der Waals surface area contributed by atoms with E-state index in [4.69, 9.17) is 12.2 Å². The number of aromatic nitrogens is 1. The Morgan fingerprint density at radius 1 is 1.14 bits per heavy atom. The highest BCUT2D eigenvalue weighted by atomic mass is 32.1. The monoisotopic (exact) mass is 410 g/mol. The number of carbonyl (C=O) groups is 1. The largest absolute Gasteiger partial charge is 0.308 e. The van der Waals surface area contributed by atoms with E-state index in [1.807, 2.05) is 30.3 Å². The van der Waals surface area contributed by atoms with Crippen LogP contribution >= 0.6 is 23.6 Å². The van der Waals surface area contributed by atoms with Gasteiger partial charge in [0, 0.05) is 29.2 Å². The summed E-state index contributed by atoms with van der Waals surface area (Å²) in [7, 11) is 0. The summed E-state index contributed by atoms with van der Waals surface area (Å²) < 4.78 is 0. The molecule has 1 amide bonds. The maximum atomic E-state index is 11.9. The fraction of sp³-hybridized carbons (Fsp3) is 0. The van der Waals surface area contributed by atoms with E-state index >= 15 is 0 Å². The topological polar surface area (TPSA) is 97.2 Å². The Hall–Kier alpha value is -3.43. The highest BCUT2D eigenvalue weighted by Crippen LogP contribution is 2.26. The van der Waals surface area contributed by atoms with Gasteiger partial charge in [-0.15, -0.1) is 11.3 Å². The van der Waals surface area contributed by atoms with E-state index in [2.05, 4.69) is 15.6 Å². The first-order valence-electron chi connectivity index (χ1n) is 8.07. The Kier molecular flexibility index (Phi) is 6.20. The van der Waals surface area contributed by atoms with Crippen LogP contribution in [0.3, 0.4) is 0 Å². The predicted molar refractivity (Wildman–Crippen MR) is 114 cm³/mol. The molecule has 0 saturated carbocycles. The van der Waals surface area contributed by atoms with Crippen LogP contribution in [0.5, 0.6) is 0 Å². The SMILES string of the molecule is O=C(/C=C/c1ccccc1)NC(=S)Nc1nc(-c2ccc([N+](=O)[O-])cc2)cs1. The second kappa shape index (κ2) is 8.98. The number of nitrogens with zero attached hydrogens (tertiary/aromatic N) is 2. The molecule has 0 unspecified atom stereocenters. The molecule has 0 atom stereocenters. The minimum absolute atomic E-state index is 0.0183. The van der Waals surface area contributed by atoms with Crippen LogP contribution < -0.4 is 10.6 Å². The predicted octanol–water partition coefficient (Wildman–Crippen LogP) is 4.24. The fourth-order valence-electron chi connectivity index (χ4n) is 2.24. The Bertz CT molecular complexity index is 1030. The first-order valence-corrected chi connectivity index (χ1v) is 9.35. The standard InChI is InChI=1S/C19H14N4O3S2/c24-17(11-6-13-4-2-1-3-5-13)21-18(27)22-19-20-16(12-28-19)14-7-9-15(10-8-14)23(25)26/h1-12H,(H2,20,21,22,24,27)/b11-6+. The van der Waals surface area contributed by atoms with Crippen molar-refractivity contribution in [1.82, 2.24) is 10.3 Å². The summed E-state index contributed by atoms with van der Waals surface area (Å²) in [6, 6.07) is 15.5. The van der Waals surface area contributed by atoms with Crippen LogP contribution in [0.15, 0.2) is 66.1 Å².